The maximum absolute atomic E-state index is 12.1. The van der Waals surface area contributed by atoms with Crippen LogP contribution >= 0.6 is 0 Å². The zero-order chi connectivity index (χ0) is 16.9. The molecule has 0 bridgehead atoms. The molecule has 7 heteroatoms. The van der Waals surface area contributed by atoms with Gasteiger partial charge in [-0.3, -0.25) is 4.79 Å². The molecule has 1 aliphatic rings. The van der Waals surface area contributed by atoms with Gasteiger partial charge in [-0.2, -0.15) is 5.10 Å². The van der Waals surface area contributed by atoms with E-state index in [0.717, 1.165) is 56.4 Å². The Hall–Kier alpha value is -2.44. The van der Waals surface area contributed by atoms with Gasteiger partial charge in [0.15, 0.2) is 5.82 Å². The minimum absolute atomic E-state index is 0.270. The van der Waals surface area contributed by atoms with E-state index >= 15 is 0 Å². The largest absolute Gasteiger partial charge is 0.353 e. The highest BCUT2D eigenvalue weighted by atomic mass is 16.2. The molecule has 3 heterocycles. The van der Waals surface area contributed by atoms with Crippen molar-refractivity contribution in [2.75, 3.05) is 31.1 Å². The minimum atomic E-state index is 0.270. The zero-order valence-corrected chi connectivity index (χ0v) is 14.4. The molecule has 0 saturated carbocycles. The van der Waals surface area contributed by atoms with Gasteiger partial charge in [0.2, 0.25) is 5.91 Å². The number of piperazine rings is 1. The van der Waals surface area contributed by atoms with E-state index in [2.05, 4.69) is 26.9 Å². The van der Waals surface area contributed by atoms with Crippen molar-refractivity contribution in [1.82, 2.24) is 24.6 Å². The molecule has 0 aromatic carbocycles. The fourth-order valence-corrected chi connectivity index (χ4v) is 2.85. The third kappa shape index (κ3) is 3.72. The van der Waals surface area contributed by atoms with Crippen molar-refractivity contribution in [2.24, 2.45) is 0 Å². The Morgan fingerprint density at radius 1 is 1.17 bits per heavy atom. The van der Waals surface area contributed by atoms with Gasteiger partial charge in [0.1, 0.15) is 12.1 Å². The molecule has 2 aromatic rings. The van der Waals surface area contributed by atoms with Gasteiger partial charge in [-0.15, -0.1) is 0 Å². The lowest BCUT2D eigenvalue weighted by atomic mass is 10.2. The van der Waals surface area contributed by atoms with E-state index < -0.39 is 0 Å². The summed E-state index contributed by atoms with van der Waals surface area (Å²) in [6.07, 6.45) is 6.15. The summed E-state index contributed by atoms with van der Waals surface area (Å²) in [5.74, 6) is 1.91. The van der Waals surface area contributed by atoms with E-state index in [-0.39, 0.29) is 5.91 Å². The average molecular weight is 328 g/mol. The molecule has 0 aliphatic carbocycles. The van der Waals surface area contributed by atoms with E-state index in [1.165, 1.54) is 0 Å². The summed E-state index contributed by atoms with van der Waals surface area (Å²) in [5.41, 5.74) is 0.953. The van der Waals surface area contributed by atoms with Crippen molar-refractivity contribution in [3.63, 3.8) is 0 Å². The predicted octanol–water partition coefficient (Wildman–Crippen LogP) is 1.81. The van der Waals surface area contributed by atoms with E-state index in [4.69, 9.17) is 0 Å². The molecule has 0 unspecified atom stereocenters. The van der Waals surface area contributed by atoms with Gasteiger partial charge in [-0.25, -0.2) is 14.6 Å². The lowest BCUT2D eigenvalue weighted by Crippen LogP contribution is -2.49. The van der Waals surface area contributed by atoms with Gasteiger partial charge in [0.05, 0.1) is 5.69 Å². The van der Waals surface area contributed by atoms with Gasteiger partial charge in [0.25, 0.3) is 0 Å². The maximum Gasteiger partial charge on any atom is 0.222 e. The maximum atomic E-state index is 12.1. The molecule has 24 heavy (non-hydrogen) atoms. The Balaban J connectivity index is 1.63. The van der Waals surface area contributed by atoms with Crippen LogP contribution in [0.5, 0.6) is 0 Å². The lowest BCUT2D eigenvalue weighted by Gasteiger charge is -2.35. The highest BCUT2D eigenvalue weighted by molar-refractivity contribution is 5.76. The first kappa shape index (κ1) is 16.4. The zero-order valence-electron chi connectivity index (χ0n) is 14.4. The number of aromatic nitrogens is 4. The molecule has 3 rings (SSSR count). The number of amides is 1. The highest BCUT2D eigenvalue weighted by Gasteiger charge is 2.21. The second-order valence-corrected chi connectivity index (χ2v) is 6.11. The molecule has 7 nitrogen and oxygen atoms in total. The molecule has 1 saturated heterocycles. The Morgan fingerprint density at radius 3 is 2.58 bits per heavy atom. The molecule has 1 aliphatic heterocycles. The van der Waals surface area contributed by atoms with Crippen LogP contribution in [0.4, 0.5) is 5.82 Å². The number of carbonyl (C=O) groups excluding carboxylic acids is 1. The first-order valence-corrected chi connectivity index (χ1v) is 8.55. The SMILES string of the molecule is CCCCC(=O)N1CCN(c2cc(-n3ccc(C)n3)ncn2)CC1. The molecule has 0 radical (unpaired) electrons. The summed E-state index contributed by atoms with van der Waals surface area (Å²) in [7, 11) is 0. The van der Waals surface area contributed by atoms with Crippen LogP contribution in [-0.4, -0.2) is 56.7 Å². The van der Waals surface area contributed by atoms with Crippen molar-refractivity contribution < 1.29 is 4.79 Å². The van der Waals surface area contributed by atoms with E-state index in [9.17, 15) is 4.79 Å². The van der Waals surface area contributed by atoms with Crippen LogP contribution in [0.1, 0.15) is 31.9 Å². The molecule has 1 amide bonds. The molecule has 0 atom stereocenters. The van der Waals surface area contributed by atoms with E-state index in [1.54, 1.807) is 11.0 Å². The fourth-order valence-electron chi connectivity index (χ4n) is 2.85. The van der Waals surface area contributed by atoms with Crippen LogP contribution in [0.2, 0.25) is 0 Å². The van der Waals surface area contributed by atoms with Crippen molar-refractivity contribution in [3.05, 3.63) is 30.4 Å². The summed E-state index contributed by atoms with van der Waals surface area (Å²) >= 11 is 0. The number of hydrogen-bond acceptors (Lipinski definition) is 5. The van der Waals surface area contributed by atoms with E-state index in [1.807, 2.05) is 30.2 Å². The number of rotatable bonds is 5. The monoisotopic (exact) mass is 328 g/mol. The Bertz CT molecular complexity index is 690. The Morgan fingerprint density at radius 2 is 1.92 bits per heavy atom. The van der Waals surface area contributed by atoms with Crippen LogP contribution in [0.25, 0.3) is 5.82 Å². The fraction of sp³-hybridized carbons (Fsp3) is 0.529. The third-order valence-corrected chi connectivity index (χ3v) is 4.30. The van der Waals surface area contributed by atoms with Crippen molar-refractivity contribution in [3.8, 4) is 5.82 Å². The van der Waals surface area contributed by atoms with Gasteiger partial charge < -0.3 is 9.80 Å². The van der Waals surface area contributed by atoms with Crippen molar-refractivity contribution in [1.29, 1.82) is 0 Å². The summed E-state index contributed by atoms with van der Waals surface area (Å²) in [6.45, 7) is 7.16. The summed E-state index contributed by atoms with van der Waals surface area (Å²) in [4.78, 5) is 25.0. The van der Waals surface area contributed by atoms with Crippen LogP contribution in [-0.2, 0) is 4.79 Å². The molecular weight excluding hydrogens is 304 g/mol. The molecule has 2 aromatic heterocycles. The summed E-state index contributed by atoms with van der Waals surface area (Å²) in [5, 5.41) is 4.39. The average Bonchev–Trinajstić information content (AvgIpc) is 3.06. The minimum Gasteiger partial charge on any atom is -0.353 e. The number of aryl methyl sites for hydroxylation is 1. The van der Waals surface area contributed by atoms with Gasteiger partial charge in [-0.05, 0) is 19.4 Å². The topological polar surface area (TPSA) is 67.2 Å². The number of unbranched alkanes of at least 4 members (excludes halogenated alkanes) is 1. The van der Waals surface area contributed by atoms with Crippen LogP contribution in [0.3, 0.4) is 0 Å². The number of hydrogen-bond donors (Lipinski definition) is 0. The standard InChI is InChI=1S/C17H24N6O/c1-3-4-5-17(24)22-10-8-21(9-11-22)15-12-16(19-13-18-15)23-7-6-14(2)20-23/h6-7,12-13H,3-5,8-11H2,1-2H3. The van der Waals surface area contributed by atoms with Gasteiger partial charge in [0, 0.05) is 44.9 Å². The van der Waals surface area contributed by atoms with Crippen LogP contribution < -0.4 is 4.90 Å². The first-order valence-electron chi connectivity index (χ1n) is 8.55. The van der Waals surface area contributed by atoms with Crippen molar-refractivity contribution >= 4 is 11.7 Å². The molecular formula is C17H24N6O. The molecule has 1 fully saturated rings. The number of carbonyl (C=O) groups is 1. The normalized spacial score (nSPS) is 14.9. The number of anilines is 1. The number of nitrogens with zero attached hydrogens (tertiary/aromatic N) is 6. The Labute approximate surface area is 142 Å². The predicted molar refractivity (Wildman–Crippen MR) is 92.2 cm³/mol. The van der Waals surface area contributed by atoms with Crippen molar-refractivity contribution in [2.45, 2.75) is 33.1 Å². The molecule has 0 N–H and O–H groups in total. The van der Waals surface area contributed by atoms with E-state index in [0.29, 0.717) is 6.42 Å². The highest BCUT2D eigenvalue weighted by Crippen LogP contribution is 2.16. The van der Waals surface area contributed by atoms with Crippen LogP contribution in [0, 0.1) is 6.92 Å². The summed E-state index contributed by atoms with van der Waals surface area (Å²) in [6, 6.07) is 3.89. The summed E-state index contributed by atoms with van der Waals surface area (Å²) < 4.78 is 1.75. The molecule has 0 spiro atoms. The van der Waals surface area contributed by atoms with Gasteiger partial charge >= 0.3 is 0 Å². The first-order chi connectivity index (χ1) is 11.7. The quantitative estimate of drug-likeness (QED) is 0.837. The lowest BCUT2D eigenvalue weighted by molar-refractivity contribution is -0.131. The second-order valence-electron chi connectivity index (χ2n) is 6.11. The Kier molecular flexibility index (Phi) is 5.08. The van der Waals surface area contributed by atoms with Crippen LogP contribution in [0.15, 0.2) is 24.7 Å². The smallest absolute Gasteiger partial charge is 0.222 e. The second kappa shape index (κ2) is 7.42. The third-order valence-electron chi connectivity index (χ3n) is 4.30. The van der Waals surface area contributed by atoms with Gasteiger partial charge in [-0.1, -0.05) is 13.3 Å². The molecule has 128 valence electrons.